The molecular weight excluding hydrogens is 319 g/mol. The molecule has 1 N–H and O–H groups in total. The summed E-state index contributed by atoms with van der Waals surface area (Å²) < 4.78 is 17.8. The van der Waals surface area contributed by atoms with Gasteiger partial charge in [-0.1, -0.05) is 24.3 Å². The van der Waals surface area contributed by atoms with Crippen LogP contribution in [0.1, 0.15) is 5.56 Å². The molecule has 7 nitrogen and oxygen atoms in total. The number of nitrogens with one attached hydrogen (secondary N) is 1. The molecule has 0 aliphatic carbocycles. The van der Waals surface area contributed by atoms with E-state index in [4.69, 9.17) is 4.74 Å². The lowest BCUT2D eigenvalue weighted by molar-refractivity contribution is -0.385. The lowest BCUT2D eigenvalue weighted by Crippen LogP contribution is -2.21. The van der Waals surface area contributed by atoms with E-state index in [9.17, 15) is 24.1 Å². The fourth-order valence-electron chi connectivity index (χ4n) is 1.95. The molecule has 0 unspecified atom stereocenters. The van der Waals surface area contributed by atoms with E-state index in [2.05, 4.69) is 5.32 Å². The van der Waals surface area contributed by atoms with E-state index in [-0.39, 0.29) is 23.4 Å². The summed E-state index contributed by atoms with van der Waals surface area (Å²) in [5.74, 6) is -1.93. The number of carbonyl (C=O) groups excluding carboxylic acids is 2. The van der Waals surface area contributed by atoms with Crippen molar-refractivity contribution in [1.82, 2.24) is 0 Å². The highest BCUT2D eigenvalue weighted by atomic mass is 19.1. The van der Waals surface area contributed by atoms with E-state index >= 15 is 0 Å². The largest absolute Gasteiger partial charge is 0.455 e. The van der Waals surface area contributed by atoms with Gasteiger partial charge in [0.25, 0.3) is 11.6 Å². The minimum atomic E-state index is -0.779. The van der Waals surface area contributed by atoms with Crippen molar-refractivity contribution in [2.24, 2.45) is 0 Å². The minimum Gasteiger partial charge on any atom is -0.455 e. The number of para-hydroxylation sites is 1. The number of halogens is 1. The number of hydrogen-bond donors (Lipinski definition) is 1. The maximum absolute atomic E-state index is 13.0. The van der Waals surface area contributed by atoms with E-state index < -0.39 is 29.2 Å². The first-order valence-corrected chi connectivity index (χ1v) is 6.89. The van der Waals surface area contributed by atoms with Crippen LogP contribution in [0.2, 0.25) is 0 Å². The molecule has 0 bridgehead atoms. The Morgan fingerprint density at radius 2 is 1.92 bits per heavy atom. The topological polar surface area (TPSA) is 98.5 Å². The third-order valence-electron chi connectivity index (χ3n) is 3.00. The number of nitrogens with zero attached hydrogens (tertiary/aromatic N) is 1. The molecule has 2 rings (SSSR count). The zero-order valence-electron chi connectivity index (χ0n) is 12.4. The number of esters is 1. The molecule has 2 aromatic carbocycles. The summed E-state index contributed by atoms with van der Waals surface area (Å²) in [4.78, 5) is 33.6. The molecule has 0 fully saturated rings. The molecule has 0 saturated carbocycles. The number of nitro groups is 1. The van der Waals surface area contributed by atoms with E-state index in [1.165, 1.54) is 36.4 Å². The molecule has 0 aliphatic rings. The van der Waals surface area contributed by atoms with Gasteiger partial charge in [0.15, 0.2) is 6.61 Å². The Labute approximate surface area is 136 Å². The quantitative estimate of drug-likeness (QED) is 0.498. The predicted octanol–water partition coefficient (Wildman–Crippen LogP) is 2.46. The first-order chi connectivity index (χ1) is 11.5. The number of carbonyl (C=O) groups is 2. The van der Waals surface area contributed by atoms with Crippen molar-refractivity contribution in [3.8, 4) is 0 Å². The van der Waals surface area contributed by atoms with Gasteiger partial charge in [-0.2, -0.15) is 0 Å². The van der Waals surface area contributed by atoms with Crippen LogP contribution in [0.3, 0.4) is 0 Å². The molecule has 0 saturated heterocycles. The molecule has 0 spiro atoms. The van der Waals surface area contributed by atoms with E-state index in [1.54, 1.807) is 6.07 Å². The Balaban J connectivity index is 1.87. The maximum Gasteiger partial charge on any atom is 0.311 e. The lowest BCUT2D eigenvalue weighted by Gasteiger charge is -2.07. The van der Waals surface area contributed by atoms with Crippen LogP contribution in [0.15, 0.2) is 48.5 Å². The number of hydrogen-bond acceptors (Lipinski definition) is 5. The van der Waals surface area contributed by atoms with Crippen LogP contribution in [-0.2, 0) is 20.7 Å². The van der Waals surface area contributed by atoms with Crippen molar-refractivity contribution in [3.63, 3.8) is 0 Å². The number of nitro benzene ring substituents is 1. The number of benzene rings is 2. The van der Waals surface area contributed by atoms with Crippen molar-refractivity contribution in [2.75, 3.05) is 11.9 Å². The van der Waals surface area contributed by atoms with E-state index in [0.29, 0.717) is 0 Å². The fourth-order valence-corrected chi connectivity index (χ4v) is 1.95. The number of amides is 1. The van der Waals surface area contributed by atoms with Crippen molar-refractivity contribution in [3.05, 3.63) is 70.0 Å². The third-order valence-corrected chi connectivity index (χ3v) is 3.00. The smallest absolute Gasteiger partial charge is 0.311 e. The van der Waals surface area contributed by atoms with Crippen LogP contribution in [0.25, 0.3) is 0 Å². The van der Waals surface area contributed by atoms with E-state index in [0.717, 1.165) is 6.07 Å². The summed E-state index contributed by atoms with van der Waals surface area (Å²) in [6.45, 7) is -0.573. The predicted molar refractivity (Wildman–Crippen MR) is 82.8 cm³/mol. The molecule has 0 atom stereocenters. The average molecular weight is 332 g/mol. The zero-order valence-corrected chi connectivity index (χ0v) is 12.4. The van der Waals surface area contributed by atoms with Gasteiger partial charge in [0, 0.05) is 17.3 Å². The minimum absolute atomic E-state index is 0.193. The van der Waals surface area contributed by atoms with E-state index in [1.807, 2.05) is 0 Å². The number of anilines is 1. The van der Waals surface area contributed by atoms with Crippen LogP contribution in [0, 0.1) is 15.9 Å². The first-order valence-electron chi connectivity index (χ1n) is 6.89. The SMILES string of the molecule is O=C(COC(=O)Cc1ccccc1[N+](=O)[O-])Nc1cccc(F)c1. The molecule has 8 heteroatoms. The Morgan fingerprint density at radius 3 is 2.62 bits per heavy atom. The molecule has 24 heavy (non-hydrogen) atoms. The fraction of sp³-hybridized carbons (Fsp3) is 0.125. The van der Waals surface area contributed by atoms with Gasteiger partial charge >= 0.3 is 5.97 Å². The summed E-state index contributed by atoms with van der Waals surface area (Å²) in [7, 11) is 0. The number of ether oxygens (including phenoxy) is 1. The van der Waals surface area contributed by atoms with Gasteiger partial charge < -0.3 is 10.1 Å². The normalized spacial score (nSPS) is 10.0. The second kappa shape index (κ2) is 7.82. The second-order valence-electron chi connectivity index (χ2n) is 4.78. The van der Waals surface area contributed by atoms with Gasteiger partial charge in [-0.3, -0.25) is 19.7 Å². The molecule has 1 amide bonds. The highest BCUT2D eigenvalue weighted by Gasteiger charge is 2.17. The van der Waals surface area contributed by atoms with Gasteiger partial charge in [0.1, 0.15) is 5.82 Å². The standard InChI is InChI=1S/C16H13FN2O5/c17-12-5-3-6-13(9-12)18-15(20)10-24-16(21)8-11-4-1-2-7-14(11)19(22)23/h1-7,9H,8,10H2,(H,18,20). The monoisotopic (exact) mass is 332 g/mol. The molecule has 0 radical (unpaired) electrons. The lowest BCUT2D eigenvalue weighted by atomic mass is 10.1. The highest BCUT2D eigenvalue weighted by molar-refractivity contribution is 5.92. The van der Waals surface area contributed by atoms with Gasteiger partial charge in [0.2, 0.25) is 0 Å². The summed E-state index contributed by atoms with van der Waals surface area (Å²) >= 11 is 0. The third kappa shape index (κ3) is 4.87. The summed E-state index contributed by atoms with van der Waals surface area (Å²) in [5, 5.41) is 13.2. The summed E-state index contributed by atoms with van der Waals surface area (Å²) in [6, 6.07) is 11.0. The van der Waals surface area contributed by atoms with Crippen LogP contribution < -0.4 is 5.32 Å². The zero-order chi connectivity index (χ0) is 17.5. The van der Waals surface area contributed by atoms with Gasteiger partial charge in [-0.15, -0.1) is 0 Å². The molecular formula is C16H13FN2O5. The van der Waals surface area contributed by atoms with Crippen LogP contribution in [-0.4, -0.2) is 23.4 Å². The van der Waals surface area contributed by atoms with Crippen molar-refractivity contribution in [1.29, 1.82) is 0 Å². The van der Waals surface area contributed by atoms with Crippen LogP contribution in [0.4, 0.5) is 15.8 Å². The Morgan fingerprint density at radius 1 is 1.17 bits per heavy atom. The average Bonchev–Trinajstić information content (AvgIpc) is 2.53. The van der Waals surface area contributed by atoms with Crippen molar-refractivity contribution in [2.45, 2.75) is 6.42 Å². The van der Waals surface area contributed by atoms with Gasteiger partial charge in [-0.25, -0.2) is 4.39 Å². The Hall–Kier alpha value is -3.29. The maximum atomic E-state index is 13.0. The Kier molecular flexibility index (Phi) is 5.56. The van der Waals surface area contributed by atoms with Crippen molar-refractivity contribution >= 4 is 23.3 Å². The first kappa shape index (κ1) is 17.1. The van der Waals surface area contributed by atoms with Gasteiger partial charge in [-0.05, 0) is 18.2 Å². The molecule has 0 heterocycles. The molecule has 0 aliphatic heterocycles. The molecule has 124 valence electrons. The van der Waals surface area contributed by atoms with Crippen molar-refractivity contribution < 1.29 is 23.6 Å². The number of rotatable bonds is 6. The second-order valence-corrected chi connectivity index (χ2v) is 4.78. The Bertz CT molecular complexity index is 779. The van der Waals surface area contributed by atoms with Crippen LogP contribution >= 0.6 is 0 Å². The molecule has 0 aromatic heterocycles. The summed E-state index contributed by atoms with van der Waals surface area (Å²) in [6.07, 6.45) is -0.329. The highest BCUT2D eigenvalue weighted by Crippen LogP contribution is 2.18. The van der Waals surface area contributed by atoms with Gasteiger partial charge in [0.05, 0.1) is 11.3 Å². The molecule has 2 aromatic rings. The summed E-state index contributed by atoms with van der Waals surface area (Å²) in [5.41, 5.74) is 0.228. The van der Waals surface area contributed by atoms with Crippen LogP contribution in [0.5, 0.6) is 0 Å².